The van der Waals surface area contributed by atoms with E-state index in [-0.39, 0.29) is 18.7 Å². The Morgan fingerprint density at radius 3 is 2.81 bits per heavy atom. The predicted molar refractivity (Wildman–Crippen MR) is 119 cm³/mol. The number of ether oxygens (including phenoxy) is 2. The third kappa shape index (κ3) is 4.08. The smallest absolute Gasteiger partial charge is 0.256 e. The minimum atomic E-state index is -0.191. The van der Waals surface area contributed by atoms with Crippen LogP contribution < -0.4 is 14.8 Å². The Morgan fingerprint density at radius 1 is 1.22 bits per heavy atom. The number of benzene rings is 1. The maximum Gasteiger partial charge on any atom is 0.256 e. The maximum absolute atomic E-state index is 12.8. The van der Waals surface area contributed by atoms with E-state index in [1.165, 1.54) is 0 Å². The molecule has 0 saturated carbocycles. The van der Waals surface area contributed by atoms with Gasteiger partial charge >= 0.3 is 0 Å². The fraction of sp³-hybridized carbons (Fsp3) is 0.435. The van der Waals surface area contributed by atoms with Gasteiger partial charge in [-0.05, 0) is 38.0 Å². The molecule has 0 atom stereocenters. The van der Waals surface area contributed by atoms with E-state index in [2.05, 4.69) is 34.1 Å². The van der Waals surface area contributed by atoms with E-state index < -0.39 is 0 Å². The Kier molecular flexibility index (Phi) is 5.57. The number of carbonyl (C=O) groups excluding carboxylic acids is 1. The van der Waals surface area contributed by atoms with Crippen LogP contribution in [0.25, 0.3) is 0 Å². The van der Waals surface area contributed by atoms with Crippen molar-refractivity contribution in [2.75, 3.05) is 25.2 Å². The predicted octanol–water partition coefficient (Wildman–Crippen LogP) is 3.30. The highest BCUT2D eigenvalue weighted by Crippen LogP contribution is 2.33. The standard InChI is InChI=1S/C23H28N6O3/c1-3-21-25-15(2)18(26-21)13-28-10-7-17(8-11-28)29-22(6-9-24-29)27-23(30)16-4-5-19-20(12-16)32-14-31-19/h4-6,9,12,17H,3,7-8,10-11,13-14H2,1-2H3,(H,25,26)(H,27,30). The number of anilines is 1. The average Bonchev–Trinajstić information content (AvgIpc) is 3.54. The summed E-state index contributed by atoms with van der Waals surface area (Å²) in [5.74, 6) is 2.82. The molecule has 9 heteroatoms. The van der Waals surface area contributed by atoms with Crippen molar-refractivity contribution in [2.45, 2.75) is 45.7 Å². The van der Waals surface area contributed by atoms with Crippen molar-refractivity contribution < 1.29 is 14.3 Å². The van der Waals surface area contributed by atoms with Crippen LogP contribution in [0.4, 0.5) is 5.82 Å². The molecule has 2 aliphatic heterocycles. The van der Waals surface area contributed by atoms with Gasteiger partial charge in [-0.2, -0.15) is 5.10 Å². The zero-order chi connectivity index (χ0) is 22.1. The number of carbonyl (C=O) groups is 1. The number of piperidine rings is 1. The normalized spacial score (nSPS) is 16.4. The summed E-state index contributed by atoms with van der Waals surface area (Å²) in [6, 6.07) is 7.30. The molecule has 9 nitrogen and oxygen atoms in total. The summed E-state index contributed by atoms with van der Waals surface area (Å²) >= 11 is 0. The lowest BCUT2D eigenvalue weighted by molar-refractivity contribution is 0.102. The number of rotatable bonds is 6. The van der Waals surface area contributed by atoms with Crippen LogP contribution in [-0.4, -0.2) is 50.4 Å². The molecular formula is C23H28N6O3. The van der Waals surface area contributed by atoms with Crippen molar-refractivity contribution in [1.82, 2.24) is 24.6 Å². The topological polar surface area (TPSA) is 97.3 Å². The number of aromatic nitrogens is 4. The van der Waals surface area contributed by atoms with E-state index in [1.807, 2.05) is 10.7 Å². The zero-order valence-electron chi connectivity index (χ0n) is 18.4. The van der Waals surface area contributed by atoms with Gasteiger partial charge in [-0.3, -0.25) is 9.69 Å². The van der Waals surface area contributed by atoms with Gasteiger partial charge in [-0.15, -0.1) is 0 Å². The number of nitrogens with one attached hydrogen (secondary N) is 2. The molecule has 2 aliphatic rings. The largest absolute Gasteiger partial charge is 0.454 e. The lowest BCUT2D eigenvalue weighted by Crippen LogP contribution is -2.35. The van der Waals surface area contributed by atoms with Gasteiger partial charge in [-0.1, -0.05) is 6.92 Å². The van der Waals surface area contributed by atoms with E-state index >= 15 is 0 Å². The van der Waals surface area contributed by atoms with Crippen LogP contribution in [0.3, 0.4) is 0 Å². The Bertz CT molecular complexity index is 1110. The highest BCUT2D eigenvalue weighted by atomic mass is 16.7. The Labute approximate surface area is 186 Å². The number of H-pyrrole nitrogens is 1. The molecule has 0 unspecified atom stereocenters. The number of fused-ring (bicyclic) bond motifs is 1. The summed E-state index contributed by atoms with van der Waals surface area (Å²) in [5.41, 5.74) is 2.82. The monoisotopic (exact) mass is 436 g/mol. The van der Waals surface area contributed by atoms with E-state index in [4.69, 9.17) is 14.5 Å². The van der Waals surface area contributed by atoms with E-state index in [1.54, 1.807) is 24.4 Å². The van der Waals surface area contributed by atoms with Gasteiger partial charge in [0.2, 0.25) is 6.79 Å². The summed E-state index contributed by atoms with van der Waals surface area (Å²) in [4.78, 5) is 23.3. The first-order chi connectivity index (χ1) is 15.6. The molecule has 0 radical (unpaired) electrons. The van der Waals surface area contributed by atoms with Gasteiger partial charge in [0.1, 0.15) is 11.6 Å². The number of imidazole rings is 1. The number of aromatic amines is 1. The zero-order valence-corrected chi connectivity index (χ0v) is 18.4. The Balaban J connectivity index is 1.20. The average molecular weight is 437 g/mol. The number of hydrogen-bond donors (Lipinski definition) is 2. The fourth-order valence-electron chi connectivity index (χ4n) is 4.35. The summed E-state index contributed by atoms with van der Waals surface area (Å²) in [6.45, 7) is 7.18. The maximum atomic E-state index is 12.8. The molecule has 1 saturated heterocycles. The first-order valence-corrected chi connectivity index (χ1v) is 11.1. The van der Waals surface area contributed by atoms with Crippen LogP contribution in [0, 0.1) is 6.92 Å². The third-order valence-corrected chi connectivity index (χ3v) is 6.19. The number of nitrogens with zero attached hydrogens (tertiary/aromatic N) is 4. The molecular weight excluding hydrogens is 408 g/mol. The molecule has 3 aromatic rings. The molecule has 1 fully saturated rings. The van der Waals surface area contributed by atoms with Crippen molar-refractivity contribution in [1.29, 1.82) is 0 Å². The number of hydrogen-bond acceptors (Lipinski definition) is 6. The van der Waals surface area contributed by atoms with Crippen LogP contribution in [0.2, 0.25) is 0 Å². The van der Waals surface area contributed by atoms with Gasteiger partial charge in [0.25, 0.3) is 5.91 Å². The summed E-state index contributed by atoms with van der Waals surface area (Å²) in [5, 5.41) is 7.50. The van der Waals surface area contributed by atoms with Gasteiger partial charge in [-0.25, -0.2) is 9.67 Å². The Hall–Kier alpha value is -3.33. The van der Waals surface area contributed by atoms with Crippen molar-refractivity contribution in [3.63, 3.8) is 0 Å². The SMILES string of the molecule is CCc1nc(CN2CCC(n3nccc3NC(=O)c3ccc4c(c3)OCO4)CC2)c(C)[nH]1. The van der Waals surface area contributed by atoms with Crippen LogP contribution in [0.15, 0.2) is 30.5 Å². The third-order valence-electron chi connectivity index (χ3n) is 6.19. The van der Waals surface area contributed by atoms with Crippen LogP contribution in [0.1, 0.15) is 53.4 Å². The fourth-order valence-corrected chi connectivity index (χ4v) is 4.35. The first kappa shape index (κ1) is 20.6. The molecule has 168 valence electrons. The molecule has 4 heterocycles. The van der Waals surface area contributed by atoms with Crippen LogP contribution in [0.5, 0.6) is 11.5 Å². The molecule has 0 aliphatic carbocycles. The molecule has 2 aromatic heterocycles. The lowest BCUT2D eigenvalue weighted by atomic mass is 10.0. The Morgan fingerprint density at radius 2 is 2.03 bits per heavy atom. The van der Waals surface area contributed by atoms with Crippen molar-refractivity contribution in [3.05, 3.63) is 53.2 Å². The highest BCUT2D eigenvalue weighted by Gasteiger charge is 2.25. The van der Waals surface area contributed by atoms with E-state index in [9.17, 15) is 4.79 Å². The number of aryl methyl sites for hydroxylation is 2. The molecule has 2 N–H and O–H groups in total. The van der Waals surface area contributed by atoms with Gasteiger partial charge in [0.15, 0.2) is 11.5 Å². The quantitative estimate of drug-likeness (QED) is 0.615. The second kappa shape index (κ2) is 8.66. The lowest BCUT2D eigenvalue weighted by Gasteiger charge is -2.32. The van der Waals surface area contributed by atoms with Crippen LogP contribution in [-0.2, 0) is 13.0 Å². The number of amides is 1. The second-order valence-electron chi connectivity index (χ2n) is 8.30. The summed E-state index contributed by atoms with van der Waals surface area (Å²) < 4.78 is 12.6. The van der Waals surface area contributed by atoms with Crippen molar-refractivity contribution >= 4 is 11.7 Å². The van der Waals surface area contributed by atoms with E-state index in [0.717, 1.165) is 56.1 Å². The first-order valence-electron chi connectivity index (χ1n) is 11.1. The van der Waals surface area contributed by atoms with E-state index in [0.29, 0.717) is 22.9 Å². The van der Waals surface area contributed by atoms with Gasteiger partial charge in [0, 0.05) is 43.4 Å². The van der Waals surface area contributed by atoms with Crippen molar-refractivity contribution in [3.8, 4) is 11.5 Å². The van der Waals surface area contributed by atoms with Crippen molar-refractivity contribution in [2.24, 2.45) is 0 Å². The minimum Gasteiger partial charge on any atom is -0.454 e. The minimum absolute atomic E-state index is 0.186. The molecule has 5 rings (SSSR count). The van der Waals surface area contributed by atoms with Gasteiger partial charge < -0.3 is 19.8 Å². The summed E-state index contributed by atoms with van der Waals surface area (Å²) in [6.07, 6.45) is 4.60. The van der Waals surface area contributed by atoms with Crippen LogP contribution >= 0.6 is 0 Å². The second-order valence-corrected chi connectivity index (χ2v) is 8.30. The molecule has 0 bridgehead atoms. The number of likely N-dealkylation sites (tertiary alicyclic amines) is 1. The van der Waals surface area contributed by atoms with Gasteiger partial charge in [0.05, 0.1) is 17.9 Å². The summed E-state index contributed by atoms with van der Waals surface area (Å²) in [7, 11) is 0. The molecule has 1 amide bonds. The molecule has 0 spiro atoms. The molecule has 32 heavy (non-hydrogen) atoms. The molecule has 1 aromatic carbocycles. The highest BCUT2D eigenvalue weighted by molar-refractivity contribution is 6.04.